The van der Waals surface area contributed by atoms with Crippen molar-refractivity contribution in [2.45, 2.75) is 26.4 Å². The molecule has 0 aliphatic rings. The lowest BCUT2D eigenvalue weighted by atomic mass is 10.4. The predicted octanol–water partition coefficient (Wildman–Crippen LogP) is 0.211. The maximum Gasteiger partial charge on any atom is 0.328 e. The van der Waals surface area contributed by atoms with Gasteiger partial charge in [0.25, 0.3) is 0 Å². The molecule has 17 heavy (non-hydrogen) atoms. The van der Waals surface area contributed by atoms with E-state index in [1.807, 2.05) is 19.3 Å². The smallest absolute Gasteiger partial charge is 0.315 e. The van der Waals surface area contributed by atoms with Crippen molar-refractivity contribution in [3.63, 3.8) is 0 Å². The summed E-state index contributed by atoms with van der Waals surface area (Å²) >= 11 is 0. The minimum atomic E-state index is 0.0857. The molecule has 98 valence electrons. The number of nitrogens with zero attached hydrogens (tertiary/aromatic N) is 3. The maximum atomic E-state index is 11.7. The molecule has 1 aromatic rings. The number of hydrogen-bond donors (Lipinski definition) is 1. The Kier molecular flexibility index (Phi) is 6.00. The summed E-state index contributed by atoms with van der Waals surface area (Å²) in [5.74, 6) is 0. The Morgan fingerprint density at radius 3 is 2.53 bits per heavy atom. The molecule has 0 aliphatic heterocycles. The molecule has 0 saturated carbocycles. The van der Waals surface area contributed by atoms with E-state index in [0.29, 0.717) is 0 Å². The highest BCUT2D eigenvalue weighted by molar-refractivity contribution is 4.81. The fourth-order valence-electron chi connectivity index (χ4n) is 1.71. The van der Waals surface area contributed by atoms with Gasteiger partial charge in [-0.3, -0.25) is 9.13 Å². The second-order valence-corrected chi connectivity index (χ2v) is 4.47. The quantitative estimate of drug-likeness (QED) is 0.661. The van der Waals surface area contributed by atoms with Gasteiger partial charge in [-0.1, -0.05) is 0 Å². The molecule has 5 heteroatoms. The average molecular weight is 240 g/mol. The zero-order valence-electron chi connectivity index (χ0n) is 11.1. The van der Waals surface area contributed by atoms with Crippen LogP contribution in [0.1, 0.15) is 13.3 Å². The molecular weight excluding hydrogens is 216 g/mol. The van der Waals surface area contributed by atoms with Crippen LogP contribution in [0.2, 0.25) is 0 Å². The highest BCUT2D eigenvalue weighted by Gasteiger charge is 2.00. The summed E-state index contributed by atoms with van der Waals surface area (Å²) in [5, 5.41) is 3.35. The molecule has 0 aromatic carbocycles. The van der Waals surface area contributed by atoms with E-state index in [1.165, 1.54) is 0 Å². The Morgan fingerprint density at radius 1 is 1.24 bits per heavy atom. The first-order chi connectivity index (χ1) is 8.15. The third-order valence-electron chi connectivity index (χ3n) is 2.75. The molecule has 0 amide bonds. The molecule has 0 radical (unpaired) electrons. The number of hydrogen-bond acceptors (Lipinski definition) is 3. The Hall–Kier alpha value is -1.07. The van der Waals surface area contributed by atoms with Crippen molar-refractivity contribution in [1.29, 1.82) is 0 Å². The summed E-state index contributed by atoms with van der Waals surface area (Å²) in [6.45, 7) is 6.41. The van der Waals surface area contributed by atoms with Gasteiger partial charge in [0.1, 0.15) is 0 Å². The molecule has 0 bridgehead atoms. The first kappa shape index (κ1) is 14.0. The molecule has 1 heterocycles. The predicted molar refractivity (Wildman–Crippen MR) is 70.4 cm³/mol. The zero-order valence-corrected chi connectivity index (χ0v) is 11.1. The van der Waals surface area contributed by atoms with Gasteiger partial charge in [0, 0.05) is 32.0 Å². The summed E-state index contributed by atoms with van der Waals surface area (Å²) < 4.78 is 3.47. The molecule has 0 unspecified atom stereocenters. The molecule has 0 saturated heterocycles. The van der Waals surface area contributed by atoms with Crippen LogP contribution in [0.15, 0.2) is 17.2 Å². The van der Waals surface area contributed by atoms with Crippen LogP contribution in [-0.4, -0.2) is 47.8 Å². The van der Waals surface area contributed by atoms with Crippen molar-refractivity contribution in [1.82, 2.24) is 19.4 Å². The van der Waals surface area contributed by atoms with E-state index in [4.69, 9.17) is 0 Å². The molecule has 0 atom stereocenters. The van der Waals surface area contributed by atoms with Gasteiger partial charge in [-0.25, -0.2) is 4.79 Å². The van der Waals surface area contributed by atoms with Crippen LogP contribution in [0, 0.1) is 0 Å². The first-order valence-electron chi connectivity index (χ1n) is 6.26. The molecule has 0 aliphatic carbocycles. The minimum absolute atomic E-state index is 0.0857. The number of imidazole rings is 1. The highest BCUT2D eigenvalue weighted by atomic mass is 16.1. The van der Waals surface area contributed by atoms with E-state index in [9.17, 15) is 4.79 Å². The summed E-state index contributed by atoms with van der Waals surface area (Å²) in [6.07, 6.45) is 4.83. The molecule has 1 N–H and O–H groups in total. The number of aromatic nitrogens is 2. The van der Waals surface area contributed by atoms with E-state index in [1.54, 1.807) is 9.13 Å². The molecule has 5 nitrogen and oxygen atoms in total. The van der Waals surface area contributed by atoms with Gasteiger partial charge in [-0.05, 0) is 40.5 Å². The third kappa shape index (κ3) is 4.75. The molecule has 0 fully saturated rings. The van der Waals surface area contributed by atoms with Gasteiger partial charge < -0.3 is 10.2 Å². The number of nitrogens with one attached hydrogen (secondary N) is 1. The fourth-order valence-corrected chi connectivity index (χ4v) is 1.71. The van der Waals surface area contributed by atoms with Crippen molar-refractivity contribution >= 4 is 0 Å². The number of aryl methyl sites for hydroxylation is 1. The lowest BCUT2D eigenvalue weighted by molar-refractivity contribution is 0.393. The Morgan fingerprint density at radius 2 is 1.94 bits per heavy atom. The van der Waals surface area contributed by atoms with Gasteiger partial charge in [0.15, 0.2) is 0 Å². The van der Waals surface area contributed by atoms with Crippen LogP contribution in [0.25, 0.3) is 0 Å². The van der Waals surface area contributed by atoms with Gasteiger partial charge in [-0.15, -0.1) is 0 Å². The lowest BCUT2D eigenvalue weighted by Crippen LogP contribution is -2.29. The van der Waals surface area contributed by atoms with Crippen molar-refractivity contribution in [2.75, 3.05) is 33.7 Å². The monoisotopic (exact) mass is 240 g/mol. The van der Waals surface area contributed by atoms with Crippen LogP contribution < -0.4 is 11.0 Å². The van der Waals surface area contributed by atoms with Crippen LogP contribution >= 0.6 is 0 Å². The van der Waals surface area contributed by atoms with E-state index in [-0.39, 0.29) is 5.69 Å². The van der Waals surface area contributed by atoms with Crippen LogP contribution in [0.5, 0.6) is 0 Å². The van der Waals surface area contributed by atoms with Crippen molar-refractivity contribution in [2.24, 2.45) is 0 Å². The van der Waals surface area contributed by atoms with Gasteiger partial charge >= 0.3 is 5.69 Å². The van der Waals surface area contributed by atoms with Gasteiger partial charge in [0.2, 0.25) is 0 Å². The maximum absolute atomic E-state index is 11.7. The molecule has 0 spiro atoms. The highest BCUT2D eigenvalue weighted by Crippen LogP contribution is 1.85. The fraction of sp³-hybridized carbons (Fsp3) is 0.750. The standard InChI is InChI=1S/C12H24N4O/c1-4-15-10-11-16(12(15)17)9-7-13-6-5-8-14(2)3/h10-11,13H,4-9H2,1-3H3. The van der Waals surface area contributed by atoms with Crippen molar-refractivity contribution in [3.05, 3.63) is 22.9 Å². The summed E-state index contributed by atoms with van der Waals surface area (Å²) in [6, 6.07) is 0. The lowest BCUT2D eigenvalue weighted by Gasteiger charge is -2.09. The van der Waals surface area contributed by atoms with Crippen LogP contribution in [0.4, 0.5) is 0 Å². The van der Waals surface area contributed by atoms with E-state index in [0.717, 1.165) is 39.1 Å². The summed E-state index contributed by atoms with van der Waals surface area (Å²) in [7, 11) is 4.15. The zero-order chi connectivity index (χ0) is 12.7. The SMILES string of the molecule is CCn1ccn(CCNCCCN(C)C)c1=O. The number of rotatable bonds is 8. The van der Waals surface area contributed by atoms with Crippen LogP contribution in [-0.2, 0) is 13.1 Å². The largest absolute Gasteiger partial charge is 0.328 e. The molecule has 1 aromatic heterocycles. The molecular formula is C12H24N4O. The van der Waals surface area contributed by atoms with Gasteiger partial charge in [-0.2, -0.15) is 0 Å². The van der Waals surface area contributed by atoms with Crippen molar-refractivity contribution in [3.8, 4) is 0 Å². The second kappa shape index (κ2) is 7.29. The third-order valence-corrected chi connectivity index (χ3v) is 2.75. The van der Waals surface area contributed by atoms with Gasteiger partial charge in [0.05, 0.1) is 0 Å². The van der Waals surface area contributed by atoms with E-state index >= 15 is 0 Å². The topological polar surface area (TPSA) is 42.2 Å². The molecule has 1 rings (SSSR count). The Labute approximate surface area is 103 Å². The van der Waals surface area contributed by atoms with Crippen molar-refractivity contribution < 1.29 is 0 Å². The normalized spacial score (nSPS) is 11.3. The van der Waals surface area contributed by atoms with E-state index < -0.39 is 0 Å². The van der Waals surface area contributed by atoms with E-state index in [2.05, 4.69) is 24.3 Å². The first-order valence-corrected chi connectivity index (χ1v) is 6.26. The Bertz CT molecular complexity index is 367. The summed E-state index contributed by atoms with van der Waals surface area (Å²) in [4.78, 5) is 13.9. The van der Waals surface area contributed by atoms with Crippen LogP contribution in [0.3, 0.4) is 0 Å². The Balaban J connectivity index is 2.18. The second-order valence-electron chi connectivity index (χ2n) is 4.47. The minimum Gasteiger partial charge on any atom is -0.315 e. The average Bonchev–Trinajstić information content (AvgIpc) is 2.64. The summed E-state index contributed by atoms with van der Waals surface area (Å²) in [5.41, 5.74) is 0.0857.